The summed E-state index contributed by atoms with van der Waals surface area (Å²) in [6.07, 6.45) is 5.80. The van der Waals surface area contributed by atoms with Gasteiger partial charge in [-0.15, -0.1) is 0 Å². The number of carbonyl (C=O) groups is 1. The Morgan fingerprint density at radius 2 is 2.11 bits per heavy atom. The predicted molar refractivity (Wildman–Crippen MR) is 73.7 cm³/mol. The zero-order valence-electron chi connectivity index (χ0n) is 10.6. The van der Waals surface area contributed by atoms with Crippen molar-refractivity contribution < 1.29 is 4.79 Å². The molecule has 4 nitrogen and oxygen atoms in total. The Balaban J connectivity index is 2.02. The molecule has 0 spiro atoms. The first-order chi connectivity index (χ1) is 9.22. The number of aromatic nitrogens is 3. The minimum atomic E-state index is 0.115. The molecule has 3 heterocycles. The zero-order valence-corrected chi connectivity index (χ0v) is 10.6. The molecule has 1 N–H and O–H groups in total. The van der Waals surface area contributed by atoms with Gasteiger partial charge in [0.25, 0.3) is 0 Å². The van der Waals surface area contributed by atoms with Crippen LogP contribution in [-0.4, -0.2) is 20.7 Å². The molecule has 94 valence electrons. The summed E-state index contributed by atoms with van der Waals surface area (Å²) in [5.41, 5.74) is 3.72. The molecule has 3 rings (SSSR count). The lowest BCUT2D eigenvalue weighted by molar-refractivity contribution is -0.116. The number of carbonyl (C=O) groups excluding carboxylic acids is 1. The molecule has 0 saturated carbocycles. The molecule has 0 saturated heterocycles. The van der Waals surface area contributed by atoms with Crippen molar-refractivity contribution in [2.45, 2.75) is 13.3 Å². The van der Waals surface area contributed by atoms with Gasteiger partial charge >= 0.3 is 0 Å². The number of nitrogens with one attached hydrogen (secondary N) is 1. The monoisotopic (exact) mass is 251 g/mol. The van der Waals surface area contributed by atoms with Crippen molar-refractivity contribution in [2.24, 2.45) is 0 Å². The summed E-state index contributed by atoms with van der Waals surface area (Å²) >= 11 is 0. The molecule has 0 bridgehead atoms. The van der Waals surface area contributed by atoms with Crippen LogP contribution >= 0.6 is 0 Å². The zero-order chi connectivity index (χ0) is 13.2. The second kappa shape index (κ2) is 4.65. The van der Waals surface area contributed by atoms with Crippen LogP contribution in [0.5, 0.6) is 0 Å². The van der Waals surface area contributed by atoms with Gasteiger partial charge in [-0.25, -0.2) is 4.98 Å². The highest BCUT2D eigenvalue weighted by molar-refractivity contribution is 5.82. The van der Waals surface area contributed by atoms with Crippen LogP contribution in [0.15, 0.2) is 42.9 Å². The fraction of sp³-hybridized carbons (Fsp3) is 0.133. The van der Waals surface area contributed by atoms with Crippen LogP contribution in [-0.2, 0) is 11.2 Å². The van der Waals surface area contributed by atoms with E-state index in [1.165, 1.54) is 0 Å². The van der Waals surface area contributed by atoms with Crippen LogP contribution in [0.25, 0.3) is 22.2 Å². The van der Waals surface area contributed by atoms with Crippen molar-refractivity contribution in [3.63, 3.8) is 0 Å². The highest BCUT2D eigenvalue weighted by atomic mass is 16.1. The van der Waals surface area contributed by atoms with E-state index < -0.39 is 0 Å². The fourth-order valence-electron chi connectivity index (χ4n) is 2.11. The Hall–Kier alpha value is -2.49. The molecule has 19 heavy (non-hydrogen) atoms. The molecular formula is C15H13N3O. The van der Waals surface area contributed by atoms with Crippen molar-refractivity contribution in [2.75, 3.05) is 0 Å². The van der Waals surface area contributed by atoms with Gasteiger partial charge in [0.05, 0.1) is 0 Å². The van der Waals surface area contributed by atoms with Crippen LogP contribution < -0.4 is 0 Å². The quantitative estimate of drug-likeness (QED) is 0.778. The fourth-order valence-corrected chi connectivity index (χ4v) is 2.11. The summed E-state index contributed by atoms with van der Waals surface area (Å²) in [6.45, 7) is 1.57. The molecule has 0 atom stereocenters. The Kier molecular flexibility index (Phi) is 2.83. The average molecular weight is 251 g/mol. The summed E-state index contributed by atoms with van der Waals surface area (Å²) in [7, 11) is 0. The minimum absolute atomic E-state index is 0.115. The van der Waals surface area contributed by atoms with E-state index in [1.807, 2.05) is 30.6 Å². The average Bonchev–Trinajstić information content (AvgIpc) is 2.85. The van der Waals surface area contributed by atoms with E-state index in [1.54, 1.807) is 13.1 Å². The molecular weight excluding hydrogens is 238 g/mol. The van der Waals surface area contributed by atoms with Crippen LogP contribution in [0, 0.1) is 0 Å². The first-order valence-corrected chi connectivity index (χ1v) is 6.10. The number of aromatic amines is 1. The third kappa shape index (κ3) is 2.38. The van der Waals surface area contributed by atoms with Crippen LogP contribution in [0.1, 0.15) is 12.6 Å². The first-order valence-electron chi connectivity index (χ1n) is 6.10. The number of nitrogens with zero attached hydrogens (tertiary/aromatic N) is 2. The van der Waals surface area contributed by atoms with E-state index in [0.29, 0.717) is 6.42 Å². The van der Waals surface area contributed by atoms with Gasteiger partial charge in [0.15, 0.2) is 0 Å². The maximum absolute atomic E-state index is 11.1. The van der Waals surface area contributed by atoms with Gasteiger partial charge in [0, 0.05) is 41.7 Å². The molecule has 0 aliphatic carbocycles. The molecule has 4 heteroatoms. The Bertz CT molecular complexity index is 746. The summed E-state index contributed by atoms with van der Waals surface area (Å²) in [4.78, 5) is 22.8. The molecule has 0 amide bonds. The maximum Gasteiger partial charge on any atom is 0.137 e. The molecule has 0 unspecified atom stereocenters. The Labute approximate surface area is 110 Å². The third-order valence-electron chi connectivity index (χ3n) is 2.98. The Morgan fingerprint density at radius 1 is 1.21 bits per heavy atom. The summed E-state index contributed by atoms with van der Waals surface area (Å²) in [5.74, 6) is 0.115. The summed E-state index contributed by atoms with van der Waals surface area (Å²) in [5, 5.41) is 1.07. The lowest BCUT2D eigenvalue weighted by atomic mass is 10.1. The van der Waals surface area contributed by atoms with Crippen molar-refractivity contribution >= 4 is 16.8 Å². The van der Waals surface area contributed by atoms with Gasteiger partial charge in [-0.1, -0.05) is 0 Å². The number of ketones is 1. The highest BCUT2D eigenvalue weighted by Gasteiger charge is 2.04. The smallest absolute Gasteiger partial charge is 0.137 e. The van der Waals surface area contributed by atoms with E-state index in [-0.39, 0.29) is 5.78 Å². The van der Waals surface area contributed by atoms with E-state index in [0.717, 1.165) is 27.9 Å². The SMILES string of the molecule is CC(=O)Cc1cc(-c2cnc3[nH]ccc3c2)ccn1. The maximum atomic E-state index is 11.1. The van der Waals surface area contributed by atoms with E-state index in [4.69, 9.17) is 0 Å². The highest BCUT2D eigenvalue weighted by Crippen LogP contribution is 2.22. The third-order valence-corrected chi connectivity index (χ3v) is 2.98. The molecule has 0 aliphatic heterocycles. The predicted octanol–water partition coefficient (Wildman–Crippen LogP) is 2.76. The molecule has 0 aromatic carbocycles. The van der Waals surface area contributed by atoms with Crippen molar-refractivity contribution in [1.82, 2.24) is 15.0 Å². The van der Waals surface area contributed by atoms with Crippen molar-refractivity contribution in [3.8, 4) is 11.1 Å². The number of hydrogen-bond acceptors (Lipinski definition) is 3. The number of pyridine rings is 2. The summed E-state index contributed by atoms with van der Waals surface area (Å²) in [6, 6.07) is 7.94. The normalized spacial score (nSPS) is 10.8. The topological polar surface area (TPSA) is 58.6 Å². The largest absolute Gasteiger partial charge is 0.346 e. The van der Waals surface area contributed by atoms with Gasteiger partial charge in [0.2, 0.25) is 0 Å². The molecule has 3 aromatic rings. The van der Waals surface area contributed by atoms with E-state index in [9.17, 15) is 4.79 Å². The van der Waals surface area contributed by atoms with Gasteiger partial charge in [-0.3, -0.25) is 9.78 Å². The van der Waals surface area contributed by atoms with Crippen LogP contribution in [0.3, 0.4) is 0 Å². The van der Waals surface area contributed by atoms with Crippen molar-refractivity contribution in [3.05, 3.63) is 48.5 Å². The number of hydrogen-bond donors (Lipinski definition) is 1. The van der Waals surface area contributed by atoms with Gasteiger partial charge < -0.3 is 4.98 Å². The molecule has 0 radical (unpaired) electrons. The second-order valence-electron chi connectivity index (χ2n) is 4.55. The number of fused-ring (bicyclic) bond motifs is 1. The van der Waals surface area contributed by atoms with Gasteiger partial charge in [-0.05, 0) is 36.8 Å². The second-order valence-corrected chi connectivity index (χ2v) is 4.55. The minimum Gasteiger partial charge on any atom is -0.346 e. The first kappa shape index (κ1) is 11.6. The van der Waals surface area contributed by atoms with Gasteiger partial charge in [0.1, 0.15) is 11.4 Å². The van der Waals surface area contributed by atoms with E-state index in [2.05, 4.69) is 21.0 Å². The standard InChI is InChI=1S/C15H13N3O/c1-10(19)6-14-8-11(2-4-16-14)13-7-12-3-5-17-15(12)18-9-13/h2-5,7-9H,6H2,1H3,(H,17,18). The van der Waals surface area contributed by atoms with Crippen LogP contribution in [0.2, 0.25) is 0 Å². The summed E-state index contributed by atoms with van der Waals surface area (Å²) < 4.78 is 0. The van der Waals surface area contributed by atoms with Gasteiger partial charge in [-0.2, -0.15) is 0 Å². The lowest BCUT2D eigenvalue weighted by Gasteiger charge is -2.03. The molecule has 0 aliphatic rings. The molecule has 0 fully saturated rings. The number of rotatable bonds is 3. The number of Topliss-reactive ketones (excluding diaryl/α,β-unsaturated/α-hetero) is 1. The molecule has 3 aromatic heterocycles. The van der Waals surface area contributed by atoms with Crippen molar-refractivity contribution in [1.29, 1.82) is 0 Å². The Morgan fingerprint density at radius 3 is 2.95 bits per heavy atom. The van der Waals surface area contributed by atoms with Crippen LogP contribution in [0.4, 0.5) is 0 Å². The lowest BCUT2D eigenvalue weighted by Crippen LogP contribution is -1.99. The van der Waals surface area contributed by atoms with E-state index >= 15 is 0 Å². The number of H-pyrrole nitrogens is 1.